The van der Waals surface area contributed by atoms with Gasteiger partial charge in [0.15, 0.2) is 17.3 Å². The lowest BCUT2D eigenvalue weighted by atomic mass is 10.2. The molecule has 0 aromatic heterocycles. The standard InChI is InChI=1S/C14H19F2N3O5/c1-14(2,3)24-13(20)18-6-5-17-11-10(16)8(15)7-9(23-4)12(11)19(21)22/h7,17H,5-6H2,1-4H3,(H,18,20). The number of amides is 1. The van der Waals surface area contributed by atoms with Crippen LogP contribution in [0.1, 0.15) is 20.8 Å². The van der Waals surface area contributed by atoms with E-state index in [9.17, 15) is 23.7 Å². The molecule has 1 aromatic carbocycles. The molecule has 0 atom stereocenters. The monoisotopic (exact) mass is 347 g/mol. The number of benzene rings is 1. The maximum absolute atomic E-state index is 13.8. The summed E-state index contributed by atoms with van der Waals surface area (Å²) < 4.78 is 37.0. The van der Waals surface area contributed by atoms with Gasteiger partial charge in [0.25, 0.3) is 0 Å². The molecule has 1 rings (SSSR count). The highest BCUT2D eigenvalue weighted by Gasteiger charge is 2.28. The SMILES string of the molecule is COc1cc(F)c(F)c(NCCNC(=O)OC(C)(C)C)c1[N+](=O)[O-]. The Kier molecular flexibility index (Phi) is 6.27. The summed E-state index contributed by atoms with van der Waals surface area (Å²) in [7, 11) is 1.10. The van der Waals surface area contributed by atoms with Crippen molar-refractivity contribution in [2.24, 2.45) is 0 Å². The molecule has 0 aliphatic heterocycles. The number of nitrogens with one attached hydrogen (secondary N) is 2. The van der Waals surface area contributed by atoms with Crippen LogP contribution in [0.25, 0.3) is 0 Å². The Hall–Kier alpha value is -2.65. The smallest absolute Gasteiger partial charge is 0.407 e. The van der Waals surface area contributed by atoms with Crippen LogP contribution in [-0.4, -0.2) is 36.8 Å². The van der Waals surface area contributed by atoms with Crippen molar-refractivity contribution >= 4 is 17.5 Å². The zero-order chi connectivity index (χ0) is 18.5. The van der Waals surface area contributed by atoms with Crippen LogP contribution in [-0.2, 0) is 4.74 Å². The second-order valence-corrected chi connectivity index (χ2v) is 5.71. The first-order chi connectivity index (χ1) is 11.1. The van der Waals surface area contributed by atoms with Gasteiger partial charge < -0.3 is 20.1 Å². The lowest BCUT2D eigenvalue weighted by Crippen LogP contribution is -2.35. The molecule has 0 saturated carbocycles. The molecular weight excluding hydrogens is 328 g/mol. The largest absolute Gasteiger partial charge is 0.490 e. The van der Waals surface area contributed by atoms with Crippen LogP contribution in [0.4, 0.5) is 25.0 Å². The predicted octanol–water partition coefficient (Wildman–Crippen LogP) is 2.82. The molecule has 0 unspecified atom stereocenters. The summed E-state index contributed by atoms with van der Waals surface area (Å²) in [6.45, 7) is 4.93. The molecule has 0 radical (unpaired) electrons. The summed E-state index contributed by atoms with van der Waals surface area (Å²) in [5, 5.41) is 15.8. The number of anilines is 1. The Labute approximate surface area is 137 Å². The number of hydrogen-bond donors (Lipinski definition) is 2. The van der Waals surface area contributed by atoms with Gasteiger partial charge in [0.1, 0.15) is 5.60 Å². The first kappa shape index (κ1) is 19.4. The van der Waals surface area contributed by atoms with Crippen molar-refractivity contribution in [2.75, 3.05) is 25.5 Å². The minimum absolute atomic E-state index is 0.0235. The highest BCUT2D eigenvalue weighted by atomic mass is 19.2. The van der Waals surface area contributed by atoms with Crippen LogP contribution in [0.3, 0.4) is 0 Å². The van der Waals surface area contributed by atoms with Gasteiger partial charge in [0.05, 0.1) is 12.0 Å². The van der Waals surface area contributed by atoms with Gasteiger partial charge in [-0.2, -0.15) is 0 Å². The summed E-state index contributed by atoms with van der Waals surface area (Å²) in [6, 6.07) is 0.595. The molecular formula is C14H19F2N3O5. The van der Waals surface area contributed by atoms with E-state index in [1.165, 1.54) is 0 Å². The number of rotatable bonds is 6. The normalized spacial score (nSPS) is 10.9. The fourth-order valence-corrected chi connectivity index (χ4v) is 1.76. The third-order valence-electron chi connectivity index (χ3n) is 2.65. The van der Waals surface area contributed by atoms with Gasteiger partial charge in [-0.15, -0.1) is 0 Å². The van der Waals surface area contributed by atoms with E-state index in [1.54, 1.807) is 20.8 Å². The average molecular weight is 347 g/mol. The Morgan fingerprint density at radius 1 is 1.33 bits per heavy atom. The maximum atomic E-state index is 13.8. The number of alkyl carbamates (subject to hydrolysis) is 1. The highest BCUT2D eigenvalue weighted by Crippen LogP contribution is 2.38. The van der Waals surface area contributed by atoms with Crippen molar-refractivity contribution in [1.29, 1.82) is 0 Å². The summed E-state index contributed by atoms with van der Waals surface area (Å²) in [6.07, 6.45) is -0.698. The van der Waals surface area contributed by atoms with Gasteiger partial charge in [0.2, 0.25) is 5.75 Å². The van der Waals surface area contributed by atoms with Gasteiger partial charge in [-0.3, -0.25) is 10.1 Å². The second-order valence-electron chi connectivity index (χ2n) is 5.71. The fraction of sp³-hybridized carbons (Fsp3) is 0.500. The van der Waals surface area contributed by atoms with Gasteiger partial charge in [-0.1, -0.05) is 0 Å². The zero-order valence-electron chi connectivity index (χ0n) is 13.7. The molecule has 0 fully saturated rings. The van der Waals surface area contributed by atoms with Gasteiger partial charge in [0, 0.05) is 19.2 Å². The first-order valence-corrected chi connectivity index (χ1v) is 6.98. The molecule has 0 bridgehead atoms. The number of carbonyl (C=O) groups excluding carboxylic acids is 1. The van der Waals surface area contributed by atoms with E-state index < -0.39 is 45.4 Å². The number of ether oxygens (including phenoxy) is 2. The molecule has 0 saturated heterocycles. The van der Waals surface area contributed by atoms with Gasteiger partial charge in [-0.05, 0) is 20.8 Å². The van der Waals surface area contributed by atoms with Gasteiger partial charge >= 0.3 is 11.8 Å². The van der Waals surface area contributed by atoms with Crippen LogP contribution in [0.5, 0.6) is 5.75 Å². The average Bonchev–Trinajstić information content (AvgIpc) is 2.44. The molecule has 0 spiro atoms. The summed E-state index contributed by atoms with van der Waals surface area (Å²) in [5.74, 6) is -3.11. The lowest BCUT2D eigenvalue weighted by Gasteiger charge is -2.19. The van der Waals surface area contributed by atoms with Crippen molar-refractivity contribution in [3.8, 4) is 5.75 Å². The number of methoxy groups -OCH3 is 1. The van der Waals surface area contributed by atoms with Crippen molar-refractivity contribution in [2.45, 2.75) is 26.4 Å². The third-order valence-corrected chi connectivity index (χ3v) is 2.65. The van der Waals surface area contributed by atoms with Crippen LogP contribution in [0.2, 0.25) is 0 Å². The van der Waals surface area contributed by atoms with E-state index in [-0.39, 0.29) is 13.1 Å². The second kappa shape index (κ2) is 7.75. The molecule has 0 aliphatic carbocycles. The Morgan fingerprint density at radius 3 is 2.46 bits per heavy atom. The van der Waals surface area contributed by atoms with Crippen molar-refractivity contribution < 1.29 is 28.0 Å². The minimum Gasteiger partial charge on any atom is -0.490 e. The summed E-state index contributed by atoms with van der Waals surface area (Å²) in [5.41, 5.74) is -2.06. The van der Waals surface area contributed by atoms with E-state index in [0.717, 1.165) is 7.11 Å². The third kappa shape index (κ3) is 5.21. The van der Waals surface area contributed by atoms with E-state index in [2.05, 4.69) is 10.6 Å². The maximum Gasteiger partial charge on any atom is 0.407 e. The van der Waals surface area contributed by atoms with Crippen LogP contribution >= 0.6 is 0 Å². The molecule has 24 heavy (non-hydrogen) atoms. The fourth-order valence-electron chi connectivity index (χ4n) is 1.76. The van der Waals surface area contributed by atoms with Crippen LogP contribution < -0.4 is 15.4 Å². The summed E-state index contributed by atoms with van der Waals surface area (Å²) in [4.78, 5) is 21.6. The van der Waals surface area contributed by atoms with Crippen LogP contribution in [0.15, 0.2) is 6.07 Å². The molecule has 8 nitrogen and oxygen atoms in total. The van der Waals surface area contributed by atoms with Gasteiger partial charge in [-0.25, -0.2) is 13.6 Å². The van der Waals surface area contributed by atoms with Crippen molar-refractivity contribution in [3.63, 3.8) is 0 Å². The van der Waals surface area contributed by atoms with E-state index in [1.807, 2.05) is 0 Å². The first-order valence-electron chi connectivity index (χ1n) is 6.98. The topological polar surface area (TPSA) is 103 Å². The number of nitrogens with zero attached hydrogens (tertiary/aromatic N) is 1. The van der Waals surface area contributed by atoms with Crippen molar-refractivity contribution in [3.05, 3.63) is 27.8 Å². The number of carbonyl (C=O) groups is 1. The molecule has 10 heteroatoms. The molecule has 0 aliphatic rings. The Balaban J connectivity index is 2.79. The number of nitro groups is 1. The molecule has 1 aromatic rings. The highest BCUT2D eigenvalue weighted by molar-refractivity contribution is 5.70. The number of hydrogen-bond acceptors (Lipinski definition) is 6. The van der Waals surface area contributed by atoms with E-state index in [0.29, 0.717) is 6.07 Å². The molecule has 1 amide bonds. The van der Waals surface area contributed by atoms with Crippen LogP contribution in [0, 0.1) is 21.7 Å². The lowest BCUT2D eigenvalue weighted by molar-refractivity contribution is -0.385. The minimum atomic E-state index is -1.40. The Bertz CT molecular complexity index is 632. The quantitative estimate of drug-likeness (QED) is 0.466. The Morgan fingerprint density at radius 2 is 1.96 bits per heavy atom. The number of halogens is 2. The summed E-state index contributed by atoms with van der Waals surface area (Å²) >= 11 is 0. The predicted molar refractivity (Wildman–Crippen MR) is 82.3 cm³/mol. The number of nitro benzene ring substituents is 1. The molecule has 134 valence electrons. The van der Waals surface area contributed by atoms with E-state index >= 15 is 0 Å². The van der Waals surface area contributed by atoms with E-state index in [4.69, 9.17) is 9.47 Å². The molecule has 2 N–H and O–H groups in total. The van der Waals surface area contributed by atoms with Crippen molar-refractivity contribution in [1.82, 2.24) is 5.32 Å². The zero-order valence-corrected chi connectivity index (χ0v) is 13.7. The molecule has 0 heterocycles.